The number of anilines is 2. The van der Waals surface area contributed by atoms with E-state index in [0.717, 1.165) is 0 Å². The Labute approximate surface area is 175 Å². The lowest BCUT2D eigenvalue weighted by atomic mass is 10.2. The van der Waals surface area contributed by atoms with Crippen molar-refractivity contribution in [3.63, 3.8) is 0 Å². The number of aromatic nitrogens is 2. The van der Waals surface area contributed by atoms with E-state index in [1.165, 1.54) is 29.8 Å². The number of hydrogen-bond acceptors (Lipinski definition) is 8. The zero-order valence-electron chi connectivity index (χ0n) is 16.1. The van der Waals surface area contributed by atoms with Crippen molar-refractivity contribution in [2.75, 3.05) is 12.1 Å². The molecule has 156 valence electrons. The number of carbonyl (C=O) groups excluding carboxylic acids is 1. The number of carbonyl (C=O) groups is 1. The van der Waals surface area contributed by atoms with E-state index in [1.54, 1.807) is 13.0 Å². The first kappa shape index (κ1) is 19.2. The number of hydrogen-bond donors (Lipinski definition) is 2. The fraction of sp³-hybridized carbons (Fsp3) is 0.350. The minimum absolute atomic E-state index is 0.0159. The standard InChI is InChI=1S/C20H19FN4O4S/c1-9-16-19(23-7-24-20(16)30-17(9)18(22)26)25-12-3-2-10(21)4-13(12)29-11-5-14-15(6-11)28-8-27-14/h2-4,7,11,14-15H,5-6,8H2,1H3,(H2,22,26)(H,23,24,25). The molecule has 1 saturated heterocycles. The molecule has 2 unspecified atom stereocenters. The van der Waals surface area contributed by atoms with Gasteiger partial charge >= 0.3 is 0 Å². The van der Waals surface area contributed by atoms with Crippen molar-refractivity contribution >= 4 is 39.0 Å². The Morgan fingerprint density at radius 1 is 1.30 bits per heavy atom. The number of aryl methyl sites for hydroxylation is 1. The fourth-order valence-electron chi connectivity index (χ4n) is 3.98. The molecule has 2 fully saturated rings. The second kappa shape index (κ2) is 7.46. The zero-order chi connectivity index (χ0) is 20.8. The van der Waals surface area contributed by atoms with Crippen LogP contribution in [0.15, 0.2) is 24.5 Å². The summed E-state index contributed by atoms with van der Waals surface area (Å²) in [5, 5.41) is 3.91. The monoisotopic (exact) mass is 430 g/mol. The molecule has 1 amide bonds. The van der Waals surface area contributed by atoms with Crippen LogP contribution in [0.5, 0.6) is 5.75 Å². The molecule has 5 rings (SSSR count). The topological polar surface area (TPSA) is 109 Å². The quantitative estimate of drug-likeness (QED) is 0.639. The molecule has 2 atom stereocenters. The molecule has 8 nitrogen and oxygen atoms in total. The Morgan fingerprint density at radius 2 is 2.07 bits per heavy atom. The van der Waals surface area contributed by atoms with E-state index in [2.05, 4.69) is 15.3 Å². The first-order valence-corrected chi connectivity index (χ1v) is 10.3. The van der Waals surface area contributed by atoms with Gasteiger partial charge in [-0.15, -0.1) is 11.3 Å². The average molecular weight is 430 g/mol. The van der Waals surface area contributed by atoms with Crippen molar-refractivity contribution in [2.24, 2.45) is 5.73 Å². The second-order valence-electron chi connectivity index (χ2n) is 7.33. The van der Waals surface area contributed by atoms with Crippen LogP contribution in [0, 0.1) is 12.7 Å². The maximum Gasteiger partial charge on any atom is 0.259 e. The molecule has 0 spiro atoms. The molecule has 1 aliphatic heterocycles. The van der Waals surface area contributed by atoms with Crippen LogP contribution in [0.4, 0.5) is 15.9 Å². The molecule has 3 aromatic rings. The largest absolute Gasteiger partial charge is 0.488 e. The van der Waals surface area contributed by atoms with Crippen molar-refractivity contribution in [3.8, 4) is 5.75 Å². The van der Waals surface area contributed by atoms with Crippen LogP contribution in [-0.4, -0.2) is 41.0 Å². The summed E-state index contributed by atoms with van der Waals surface area (Å²) >= 11 is 1.21. The van der Waals surface area contributed by atoms with E-state index in [4.69, 9.17) is 19.9 Å². The highest BCUT2D eigenvalue weighted by molar-refractivity contribution is 7.20. The van der Waals surface area contributed by atoms with Gasteiger partial charge in [-0.25, -0.2) is 14.4 Å². The van der Waals surface area contributed by atoms with Crippen LogP contribution in [-0.2, 0) is 9.47 Å². The predicted octanol–water partition coefficient (Wildman–Crippen LogP) is 3.26. The summed E-state index contributed by atoms with van der Waals surface area (Å²) in [6.45, 7) is 2.11. The number of ether oxygens (including phenoxy) is 3. The van der Waals surface area contributed by atoms with Crippen molar-refractivity contribution in [2.45, 2.75) is 38.1 Å². The molecule has 1 aromatic carbocycles. The smallest absolute Gasteiger partial charge is 0.259 e. The third kappa shape index (κ3) is 3.36. The first-order valence-electron chi connectivity index (χ1n) is 9.50. The number of amides is 1. The molecule has 3 heterocycles. The average Bonchev–Trinajstić information content (AvgIpc) is 3.38. The Balaban J connectivity index is 1.46. The van der Waals surface area contributed by atoms with Gasteiger partial charge in [0, 0.05) is 18.9 Å². The van der Waals surface area contributed by atoms with Gasteiger partial charge in [0.25, 0.3) is 5.91 Å². The highest BCUT2D eigenvalue weighted by Gasteiger charge is 2.41. The number of benzene rings is 1. The number of nitrogens with one attached hydrogen (secondary N) is 1. The predicted molar refractivity (Wildman–Crippen MR) is 109 cm³/mol. The van der Waals surface area contributed by atoms with Crippen molar-refractivity contribution < 1.29 is 23.4 Å². The summed E-state index contributed by atoms with van der Waals surface area (Å²) in [6.07, 6.45) is 2.66. The number of halogens is 1. The summed E-state index contributed by atoms with van der Waals surface area (Å²) in [6, 6.07) is 4.28. The maximum atomic E-state index is 14.0. The van der Waals surface area contributed by atoms with Crippen LogP contribution in [0.25, 0.3) is 10.2 Å². The maximum absolute atomic E-state index is 14.0. The summed E-state index contributed by atoms with van der Waals surface area (Å²) in [7, 11) is 0. The van der Waals surface area contributed by atoms with Crippen LogP contribution in [0.2, 0.25) is 0 Å². The normalized spacial score (nSPS) is 22.9. The van der Waals surface area contributed by atoms with Crippen LogP contribution in [0.1, 0.15) is 28.1 Å². The van der Waals surface area contributed by atoms with Gasteiger partial charge in [0.05, 0.1) is 28.2 Å². The minimum atomic E-state index is -0.511. The van der Waals surface area contributed by atoms with Gasteiger partial charge < -0.3 is 25.3 Å². The number of primary amides is 1. The van der Waals surface area contributed by atoms with E-state index >= 15 is 0 Å². The van der Waals surface area contributed by atoms with Crippen molar-refractivity contribution in [1.82, 2.24) is 9.97 Å². The van der Waals surface area contributed by atoms with E-state index in [-0.39, 0.29) is 18.3 Å². The Kier molecular flexibility index (Phi) is 4.76. The van der Waals surface area contributed by atoms with E-state index < -0.39 is 11.7 Å². The van der Waals surface area contributed by atoms with Crippen LogP contribution < -0.4 is 15.8 Å². The number of nitrogens with two attached hydrogens (primary N) is 1. The van der Waals surface area contributed by atoms with Crippen molar-refractivity contribution in [1.29, 1.82) is 0 Å². The zero-order valence-corrected chi connectivity index (χ0v) is 16.9. The lowest BCUT2D eigenvalue weighted by molar-refractivity contribution is 0.0123. The Bertz CT molecular complexity index is 1130. The molecule has 1 saturated carbocycles. The van der Waals surface area contributed by atoms with Gasteiger partial charge in [-0.1, -0.05) is 0 Å². The number of thiophene rings is 1. The summed E-state index contributed by atoms with van der Waals surface area (Å²) in [5.41, 5.74) is 6.73. The fourth-order valence-corrected chi connectivity index (χ4v) is 4.99. The van der Waals surface area contributed by atoms with E-state index in [9.17, 15) is 9.18 Å². The van der Waals surface area contributed by atoms with Crippen LogP contribution in [0.3, 0.4) is 0 Å². The molecule has 1 aliphatic carbocycles. The highest BCUT2D eigenvalue weighted by Crippen LogP contribution is 2.38. The van der Waals surface area contributed by atoms with E-state index in [0.29, 0.717) is 57.5 Å². The lowest BCUT2D eigenvalue weighted by Gasteiger charge is -2.18. The Hall–Kier alpha value is -2.82. The van der Waals surface area contributed by atoms with Crippen molar-refractivity contribution in [3.05, 3.63) is 40.8 Å². The molecule has 2 aliphatic rings. The summed E-state index contributed by atoms with van der Waals surface area (Å²) < 4.78 is 31.1. The molecule has 2 aromatic heterocycles. The first-order chi connectivity index (χ1) is 14.5. The third-order valence-electron chi connectivity index (χ3n) is 5.41. The lowest BCUT2D eigenvalue weighted by Crippen LogP contribution is -2.16. The number of nitrogens with zero attached hydrogens (tertiary/aromatic N) is 2. The van der Waals surface area contributed by atoms with Gasteiger partial charge in [0.2, 0.25) is 0 Å². The SMILES string of the molecule is Cc1c(C(N)=O)sc2ncnc(Nc3ccc(F)cc3OC3CC4OCOC4C3)c12. The van der Waals surface area contributed by atoms with Crippen LogP contribution >= 0.6 is 11.3 Å². The molecular weight excluding hydrogens is 411 g/mol. The molecule has 30 heavy (non-hydrogen) atoms. The summed E-state index contributed by atoms with van der Waals surface area (Å²) in [5.74, 6) is -0.0531. The third-order valence-corrected chi connectivity index (χ3v) is 6.62. The highest BCUT2D eigenvalue weighted by atomic mass is 32.1. The second-order valence-corrected chi connectivity index (χ2v) is 8.33. The van der Waals surface area contributed by atoms with Gasteiger partial charge in [0.1, 0.15) is 41.4 Å². The molecule has 0 bridgehead atoms. The van der Waals surface area contributed by atoms with Gasteiger partial charge in [-0.05, 0) is 24.6 Å². The van der Waals surface area contributed by atoms with E-state index in [1.807, 2.05) is 0 Å². The summed E-state index contributed by atoms with van der Waals surface area (Å²) in [4.78, 5) is 21.3. The molecule has 3 N–H and O–H groups in total. The van der Waals surface area contributed by atoms with Gasteiger partial charge in [-0.2, -0.15) is 0 Å². The number of fused-ring (bicyclic) bond motifs is 2. The molecule has 0 radical (unpaired) electrons. The van der Waals surface area contributed by atoms with Gasteiger partial charge in [0.15, 0.2) is 0 Å². The minimum Gasteiger partial charge on any atom is -0.488 e. The molecule has 10 heteroatoms. The molecular formula is C20H19FN4O4S. The Morgan fingerprint density at radius 3 is 2.80 bits per heavy atom. The number of rotatable bonds is 5. The van der Waals surface area contributed by atoms with Gasteiger partial charge in [-0.3, -0.25) is 4.79 Å².